The zero-order valence-corrected chi connectivity index (χ0v) is 11.6. The van der Waals surface area contributed by atoms with Crippen molar-refractivity contribution in [2.75, 3.05) is 12.4 Å². The molecule has 94 valence electrons. The minimum Gasteiger partial charge on any atom is -0.336 e. The number of benzene rings is 1. The van der Waals surface area contributed by atoms with Crippen molar-refractivity contribution in [3.63, 3.8) is 0 Å². The molecule has 0 atom stereocenters. The van der Waals surface area contributed by atoms with E-state index in [1.54, 1.807) is 24.3 Å². The van der Waals surface area contributed by atoms with Gasteiger partial charge in [0, 0.05) is 29.1 Å². The van der Waals surface area contributed by atoms with Gasteiger partial charge in [0.05, 0.1) is 0 Å². The second-order valence-electron chi connectivity index (χ2n) is 4.15. The molecule has 4 heteroatoms. The van der Waals surface area contributed by atoms with E-state index in [1.807, 2.05) is 18.7 Å². The van der Waals surface area contributed by atoms with Gasteiger partial charge in [-0.25, -0.2) is 0 Å². The second kappa shape index (κ2) is 6.87. The Labute approximate surface area is 113 Å². The van der Waals surface area contributed by atoms with Crippen molar-refractivity contribution in [3.05, 3.63) is 34.9 Å². The third-order valence-corrected chi connectivity index (χ3v) is 2.99. The minimum atomic E-state index is 0.00705. The van der Waals surface area contributed by atoms with Crippen molar-refractivity contribution in [2.24, 2.45) is 0 Å². The predicted molar refractivity (Wildman–Crippen MR) is 73.0 cm³/mol. The molecule has 2 nitrogen and oxygen atoms in total. The van der Waals surface area contributed by atoms with Gasteiger partial charge >= 0.3 is 0 Å². The fourth-order valence-electron chi connectivity index (χ4n) is 1.61. The summed E-state index contributed by atoms with van der Waals surface area (Å²) in [6.45, 7) is 4.67. The highest BCUT2D eigenvalue weighted by molar-refractivity contribution is 6.30. The average Bonchev–Trinajstić information content (AvgIpc) is 2.29. The van der Waals surface area contributed by atoms with Gasteiger partial charge in [-0.1, -0.05) is 17.7 Å². The van der Waals surface area contributed by atoms with Crippen LogP contribution in [-0.2, 0) is 0 Å². The fraction of sp³-hybridized carbons (Fsp3) is 0.462. The summed E-state index contributed by atoms with van der Waals surface area (Å²) < 4.78 is 0. The molecule has 1 rings (SSSR count). The quantitative estimate of drug-likeness (QED) is 0.747. The molecule has 0 heterocycles. The molecule has 1 aromatic rings. The Hall–Kier alpha value is -0.730. The average molecular weight is 274 g/mol. The van der Waals surface area contributed by atoms with Gasteiger partial charge in [0.1, 0.15) is 0 Å². The van der Waals surface area contributed by atoms with Gasteiger partial charge in [0.2, 0.25) is 0 Å². The fourth-order valence-corrected chi connectivity index (χ4v) is 1.92. The van der Waals surface area contributed by atoms with E-state index in [-0.39, 0.29) is 11.9 Å². The SMILES string of the molecule is CC(C)N(CCCCl)C(=O)c1cccc(Cl)c1. The lowest BCUT2D eigenvalue weighted by Gasteiger charge is -2.26. The first-order valence-electron chi connectivity index (χ1n) is 5.68. The Morgan fingerprint density at radius 1 is 1.41 bits per heavy atom. The number of amides is 1. The van der Waals surface area contributed by atoms with Gasteiger partial charge < -0.3 is 4.90 Å². The van der Waals surface area contributed by atoms with Crippen LogP contribution in [0.5, 0.6) is 0 Å². The summed E-state index contributed by atoms with van der Waals surface area (Å²) in [6.07, 6.45) is 0.798. The predicted octanol–water partition coefficient (Wildman–Crippen LogP) is 3.82. The summed E-state index contributed by atoms with van der Waals surface area (Å²) >= 11 is 11.6. The van der Waals surface area contributed by atoms with Crippen molar-refractivity contribution in [2.45, 2.75) is 26.3 Å². The van der Waals surface area contributed by atoms with E-state index in [0.717, 1.165) is 6.42 Å². The van der Waals surface area contributed by atoms with E-state index >= 15 is 0 Å². The maximum Gasteiger partial charge on any atom is 0.254 e. The van der Waals surface area contributed by atoms with E-state index in [1.165, 1.54) is 0 Å². The molecule has 0 saturated heterocycles. The summed E-state index contributed by atoms with van der Waals surface area (Å²) in [7, 11) is 0. The van der Waals surface area contributed by atoms with Gasteiger partial charge in [0.25, 0.3) is 5.91 Å². The molecule has 0 unspecified atom stereocenters. The van der Waals surface area contributed by atoms with Gasteiger partial charge in [0.15, 0.2) is 0 Å². The lowest BCUT2D eigenvalue weighted by molar-refractivity contribution is 0.0706. The van der Waals surface area contributed by atoms with Crippen molar-refractivity contribution >= 4 is 29.1 Å². The molecule has 17 heavy (non-hydrogen) atoms. The van der Waals surface area contributed by atoms with Gasteiger partial charge in [-0.15, -0.1) is 11.6 Å². The number of rotatable bonds is 5. The van der Waals surface area contributed by atoms with Gasteiger partial charge in [-0.05, 0) is 38.5 Å². The van der Waals surface area contributed by atoms with Gasteiger partial charge in [-0.2, -0.15) is 0 Å². The van der Waals surface area contributed by atoms with Crippen LogP contribution in [0.15, 0.2) is 24.3 Å². The van der Waals surface area contributed by atoms with Crippen LogP contribution in [0.25, 0.3) is 0 Å². The van der Waals surface area contributed by atoms with Crippen LogP contribution in [0, 0.1) is 0 Å². The van der Waals surface area contributed by atoms with E-state index < -0.39 is 0 Å². The van der Waals surface area contributed by atoms with Crippen LogP contribution in [0.4, 0.5) is 0 Å². The molecule has 0 saturated carbocycles. The zero-order valence-electron chi connectivity index (χ0n) is 10.1. The monoisotopic (exact) mass is 273 g/mol. The maximum absolute atomic E-state index is 12.3. The molecule has 0 radical (unpaired) electrons. The lowest BCUT2D eigenvalue weighted by Crippen LogP contribution is -2.37. The third-order valence-electron chi connectivity index (χ3n) is 2.49. The Kier molecular flexibility index (Phi) is 5.79. The first-order chi connectivity index (χ1) is 8.06. The molecule has 1 aromatic carbocycles. The van der Waals surface area contributed by atoms with Crippen LogP contribution in [-0.4, -0.2) is 29.3 Å². The van der Waals surface area contributed by atoms with Crippen LogP contribution in [0.1, 0.15) is 30.6 Å². The van der Waals surface area contributed by atoms with E-state index in [9.17, 15) is 4.79 Å². The number of hydrogen-bond donors (Lipinski definition) is 0. The molecular formula is C13H17Cl2NO. The molecule has 0 N–H and O–H groups in total. The molecule has 0 aliphatic rings. The van der Waals surface area contributed by atoms with Crippen LogP contribution in [0.3, 0.4) is 0 Å². The number of alkyl halides is 1. The Morgan fingerprint density at radius 3 is 2.65 bits per heavy atom. The highest BCUT2D eigenvalue weighted by atomic mass is 35.5. The summed E-state index contributed by atoms with van der Waals surface area (Å²) in [5.41, 5.74) is 0.626. The molecule has 0 spiro atoms. The number of nitrogens with zero attached hydrogens (tertiary/aromatic N) is 1. The topological polar surface area (TPSA) is 20.3 Å². The standard InChI is InChI=1S/C13H17Cl2NO/c1-10(2)16(8-4-7-14)13(17)11-5-3-6-12(15)9-11/h3,5-6,9-10H,4,7-8H2,1-2H3. The Morgan fingerprint density at radius 2 is 2.12 bits per heavy atom. The first-order valence-corrected chi connectivity index (χ1v) is 6.60. The number of halogens is 2. The molecular weight excluding hydrogens is 257 g/mol. The van der Waals surface area contributed by atoms with Crippen LogP contribution >= 0.6 is 23.2 Å². The molecule has 0 fully saturated rings. The summed E-state index contributed by atoms with van der Waals surface area (Å²) in [5, 5.41) is 0.580. The first kappa shape index (κ1) is 14.3. The van der Waals surface area contributed by atoms with Crippen molar-refractivity contribution < 1.29 is 4.79 Å². The van der Waals surface area contributed by atoms with Crippen LogP contribution in [0.2, 0.25) is 5.02 Å². The van der Waals surface area contributed by atoms with Gasteiger partial charge in [-0.3, -0.25) is 4.79 Å². The third kappa shape index (κ3) is 4.21. The molecule has 1 amide bonds. The smallest absolute Gasteiger partial charge is 0.254 e. The molecule has 0 aliphatic carbocycles. The molecule has 0 aromatic heterocycles. The Bertz CT molecular complexity index is 379. The van der Waals surface area contributed by atoms with E-state index in [0.29, 0.717) is 23.0 Å². The normalized spacial score (nSPS) is 10.6. The molecule has 0 bridgehead atoms. The summed E-state index contributed by atoms with van der Waals surface area (Å²) in [6, 6.07) is 7.18. The van der Waals surface area contributed by atoms with Crippen molar-refractivity contribution in [1.29, 1.82) is 0 Å². The highest BCUT2D eigenvalue weighted by Crippen LogP contribution is 2.14. The van der Waals surface area contributed by atoms with E-state index in [2.05, 4.69) is 0 Å². The number of carbonyl (C=O) groups excluding carboxylic acids is 1. The number of hydrogen-bond acceptors (Lipinski definition) is 1. The van der Waals surface area contributed by atoms with E-state index in [4.69, 9.17) is 23.2 Å². The summed E-state index contributed by atoms with van der Waals surface area (Å²) in [5.74, 6) is 0.569. The van der Waals surface area contributed by atoms with Crippen LogP contribution < -0.4 is 0 Å². The zero-order chi connectivity index (χ0) is 12.8. The highest BCUT2D eigenvalue weighted by Gasteiger charge is 2.18. The van der Waals surface area contributed by atoms with Crippen molar-refractivity contribution in [1.82, 2.24) is 4.90 Å². The summed E-state index contributed by atoms with van der Waals surface area (Å²) in [4.78, 5) is 14.1. The Balaban J connectivity index is 2.84. The lowest BCUT2D eigenvalue weighted by atomic mass is 10.1. The molecule has 0 aliphatic heterocycles. The number of carbonyl (C=O) groups is 1. The largest absolute Gasteiger partial charge is 0.336 e. The minimum absolute atomic E-state index is 0.00705. The maximum atomic E-state index is 12.3. The second-order valence-corrected chi connectivity index (χ2v) is 4.96. The van der Waals surface area contributed by atoms with Crippen molar-refractivity contribution in [3.8, 4) is 0 Å².